The largest absolute Gasteiger partial charge is 0.456 e. The molecule has 2 aromatic heterocycles. The lowest BCUT2D eigenvalue weighted by atomic mass is 9.96. The first-order valence-corrected chi connectivity index (χ1v) is 23.6. The molecule has 0 spiro atoms. The number of hydrogen-bond donors (Lipinski definition) is 0. The van der Waals surface area contributed by atoms with Crippen LogP contribution in [0.1, 0.15) is 0 Å². The molecule has 0 aliphatic rings. The molecule has 0 fully saturated rings. The van der Waals surface area contributed by atoms with Crippen LogP contribution in [0.2, 0.25) is 0 Å². The van der Waals surface area contributed by atoms with Gasteiger partial charge in [-0.1, -0.05) is 200 Å². The van der Waals surface area contributed by atoms with E-state index in [4.69, 9.17) is 4.42 Å². The molecule has 0 bridgehead atoms. The standard InChI is InChI=1S/C64H41NOS/c1-4-14-42(15-5-1)49-32-36-55-60(40-49)66-59-25-13-24-57(62(55)59)65(51-34-30-45(31-35-51)44-26-28-48(29-27-44)53-23-12-21-46-20-10-11-22-52(46)53)58-39-38-54(47-18-8-3-9-19-47)64-63(58)56-37-33-50(41-61(56)67-64)43-16-6-2-7-17-43/h1-41H. The van der Waals surface area contributed by atoms with Crippen molar-refractivity contribution in [1.29, 1.82) is 0 Å². The quantitative estimate of drug-likeness (QED) is 0.151. The Kier molecular flexibility index (Phi) is 9.40. The monoisotopic (exact) mass is 871 g/mol. The molecule has 0 aliphatic carbocycles. The van der Waals surface area contributed by atoms with Gasteiger partial charge in [0.15, 0.2) is 0 Å². The van der Waals surface area contributed by atoms with Crippen molar-refractivity contribution in [2.45, 2.75) is 0 Å². The SMILES string of the molecule is c1ccc(-c2ccc3c(c2)oc2cccc(N(c4ccc(-c5ccc(-c6cccc7ccccc67)cc5)cc4)c4ccc(-c5ccccc5)c5sc6cc(-c7ccccc7)ccc6c45)c23)cc1. The van der Waals surface area contributed by atoms with Crippen LogP contribution in [-0.4, -0.2) is 0 Å². The van der Waals surface area contributed by atoms with Crippen LogP contribution in [-0.2, 0) is 0 Å². The summed E-state index contributed by atoms with van der Waals surface area (Å²) in [6.07, 6.45) is 0. The smallest absolute Gasteiger partial charge is 0.137 e. The molecule has 13 aromatic rings. The van der Waals surface area contributed by atoms with Crippen LogP contribution in [0.4, 0.5) is 17.1 Å². The second-order valence-corrected chi connectivity index (χ2v) is 18.2. The molecule has 2 nitrogen and oxygen atoms in total. The summed E-state index contributed by atoms with van der Waals surface area (Å²) < 4.78 is 9.28. The lowest BCUT2D eigenvalue weighted by Gasteiger charge is -2.28. The van der Waals surface area contributed by atoms with Gasteiger partial charge in [-0.05, 0) is 115 Å². The topological polar surface area (TPSA) is 16.4 Å². The summed E-state index contributed by atoms with van der Waals surface area (Å²) in [4.78, 5) is 2.46. The maximum absolute atomic E-state index is 6.77. The molecule has 67 heavy (non-hydrogen) atoms. The maximum atomic E-state index is 6.77. The minimum absolute atomic E-state index is 0.852. The van der Waals surface area contributed by atoms with E-state index < -0.39 is 0 Å². The fourth-order valence-corrected chi connectivity index (χ4v) is 11.3. The molecule has 314 valence electrons. The summed E-state index contributed by atoms with van der Waals surface area (Å²) in [6.45, 7) is 0. The lowest BCUT2D eigenvalue weighted by Crippen LogP contribution is -2.11. The van der Waals surface area contributed by atoms with Crippen LogP contribution >= 0.6 is 11.3 Å². The number of furan rings is 1. The average molecular weight is 872 g/mol. The van der Waals surface area contributed by atoms with E-state index in [0.717, 1.165) is 55.7 Å². The van der Waals surface area contributed by atoms with Gasteiger partial charge in [0.2, 0.25) is 0 Å². The third kappa shape index (κ3) is 6.79. The van der Waals surface area contributed by atoms with Gasteiger partial charge in [-0.2, -0.15) is 0 Å². The van der Waals surface area contributed by atoms with Crippen molar-refractivity contribution in [2.75, 3.05) is 4.90 Å². The van der Waals surface area contributed by atoms with Crippen molar-refractivity contribution in [1.82, 2.24) is 0 Å². The predicted molar refractivity (Wildman–Crippen MR) is 286 cm³/mol. The molecule has 0 N–H and O–H groups in total. The van der Waals surface area contributed by atoms with Crippen LogP contribution in [0.5, 0.6) is 0 Å². The number of anilines is 3. The predicted octanol–water partition coefficient (Wildman–Crippen LogP) is 18.9. The number of benzene rings is 11. The van der Waals surface area contributed by atoms with E-state index in [2.05, 4.69) is 254 Å². The fraction of sp³-hybridized carbons (Fsp3) is 0. The first-order valence-electron chi connectivity index (χ1n) is 22.8. The van der Waals surface area contributed by atoms with Gasteiger partial charge in [-0.3, -0.25) is 0 Å². The molecule has 13 rings (SSSR count). The highest BCUT2D eigenvalue weighted by molar-refractivity contribution is 7.26. The number of hydrogen-bond acceptors (Lipinski definition) is 3. The number of rotatable bonds is 8. The zero-order valence-corrected chi connectivity index (χ0v) is 37.3. The van der Waals surface area contributed by atoms with Gasteiger partial charge in [0.25, 0.3) is 0 Å². The number of nitrogens with zero attached hydrogens (tertiary/aromatic N) is 1. The minimum atomic E-state index is 0.852. The molecule has 0 radical (unpaired) electrons. The van der Waals surface area contributed by atoms with Gasteiger partial charge in [0.1, 0.15) is 11.2 Å². The third-order valence-electron chi connectivity index (χ3n) is 13.3. The molecular formula is C64H41NOS. The van der Waals surface area contributed by atoms with Crippen LogP contribution in [0.3, 0.4) is 0 Å². The normalized spacial score (nSPS) is 11.6. The zero-order chi connectivity index (χ0) is 44.3. The fourth-order valence-electron chi connectivity index (χ4n) is 10.0. The van der Waals surface area contributed by atoms with Crippen LogP contribution in [0.15, 0.2) is 253 Å². The Balaban J connectivity index is 1.01. The van der Waals surface area contributed by atoms with E-state index in [0.29, 0.717) is 0 Å². The molecular weight excluding hydrogens is 831 g/mol. The molecule has 0 unspecified atom stereocenters. The van der Waals surface area contributed by atoms with Gasteiger partial charge in [-0.15, -0.1) is 11.3 Å². The van der Waals surface area contributed by atoms with Crippen molar-refractivity contribution in [3.8, 4) is 55.6 Å². The van der Waals surface area contributed by atoms with Crippen LogP contribution in [0, 0.1) is 0 Å². The van der Waals surface area contributed by atoms with Crippen molar-refractivity contribution < 1.29 is 4.42 Å². The lowest BCUT2D eigenvalue weighted by molar-refractivity contribution is 0.669. The second kappa shape index (κ2) is 16.2. The second-order valence-electron chi connectivity index (χ2n) is 17.2. The van der Waals surface area contributed by atoms with Crippen molar-refractivity contribution in [2.24, 2.45) is 0 Å². The summed E-state index contributed by atoms with van der Waals surface area (Å²) >= 11 is 1.88. The van der Waals surface area contributed by atoms with Crippen LogP contribution in [0.25, 0.3) is 109 Å². The molecule has 0 atom stereocenters. The number of fused-ring (bicyclic) bond motifs is 7. The summed E-state index contributed by atoms with van der Waals surface area (Å²) in [5, 5.41) is 7.14. The van der Waals surface area contributed by atoms with E-state index in [1.807, 2.05) is 11.3 Å². The molecule has 3 heteroatoms. The van der Waals surface area contributed by atoms with Gasteiger partial charge >= 0.3 is 0 Å². The highest BCUT2D eigenvalue weighted by Crippen LogP contribution is 2.51. The third-order valence-corrected chi connectivity index (χ3v) is 14.5. The van der Waals surface area contributed by atoms with Crippen molar-refractivity contribution in [3.63, 3.8) is 0 Å². The van der Waals surface area contributed by atoms with Gasteiger partial charge in [-0.25, -0.2) is 0 Å². The Hall–Kier alpha value is -8.50. The Morgan fingerprint density at radius 2 is 0.851 bits per heavy atom. The number of thiophene rings is 1. The van der Waals surface area contributed by atoms with Crippen molar-refractivity contribution >= 4 is 81.3 Å². The highest BCUT2D eigenvalue weighted by Gasteiger charge is 2.25. The van der Waals surface area contributed by atoms with Gasteiger partial charge in [0, 0.05) is 31.2 Å². The molecule has 11 aromatic carbocycles. The maximum Gasteiger partial charge on any atom is 0.137 e. The van der Waals surface area contributed by atoms with E-state index in [1.165, 1.54) is 69.9 Å². The van der Waals surface area contributed by atoms with E-state index in [9.17, 15) is 0 Å². The van der Waals surface area contributed by atoms with E-state index in [-0.39, 0.29) is 0 Å². The molecule has 2 heterocycles. The summed E-state index contributed by atoms with van der Waals surface area (Å²) in [5.74, 6) is 0. The zero-order valence-electron chi connectivity index (χ0n) is 36.4. The summed E-state index contributed by atoms with van der Waals surface area (Å²) in [7, 11) is 0. The Bertz CT molecular complexity index is 3940. The van der Waals surface area contributed by atoms with Crippen LogP contribution < -0.4 is 4.90 Å². The average Bonchev–Trinajstić information content (AvgIpc) is 3.98. The molecule has 0 saturated carbocycles. The Morgan fingerprint density at radius 1 is 0.313 bits per heavy atom. The molecule has 0 saturated heterocycles. The van der Waals surface area contributed by atoms with E-state index in [1.54, 1.807) is 0 Å². The molecule has 0 aliphatic heterocycles. The minimum Gasteiger partial charge on any atom is -0.456 e. The van der Waals surface area contributed by atoms with Gasteiger partial charge < -0.3 is 9.32 Å². The first kappa shape index (κ1) is 38.9. The highest BCUT2D eigenvalue weighted by atomic mass is 32.1. The Morgan fingerprint density at radius 3 is 1.58 bits per heavy atom. The van der Waals surface area contributed by atoms with Gasteiger partial charge in [0.05, 0.1) is 16.8 Å². The van der Waals surface area contributed by atoms with E-state index >= 15 is 0 Å². The molecule has 0 amide bonds. The summed E-state index contributed by atoms with van der Waals surface area (Å²) in [5.41, 5.74) is 16.9. The van der Waals surface area contributed by atoms with Crippen molar-refractivity contribution in [3.05, 3.63) is 249 Å². The Labute approximate surface area is 392 Å². The summed E-state index contributed by atoms with van der Waals surface area (Å²) in [6, 6.07) is 90.0. The first-order chi connectivity index (χ1) is 33.2.